The summed E-state index contributed by atoms with van der Waals surface area (Å²) < 4.78 is 0.867. The van der Waals surface area contributed by atoms with E-state index in [1.807, 2.05) is 20.8 Å². The molecule has 1 aromatic heterocycles. The molecule has 0 spiro atoms. The standard InChI is InChI=1S/C19H27N3OS2/c1-18(2,3)11-15(23)20-16-21-22-17(25-16)24-12-13-7-9-14(10-8-13)19(4,5)6/h7-10H,11-12H2,1-6H3,(H,20,21,23). The van der Waals surface area contributed by atoms with Gasteiger partial charge >= 0.3 is 0 Å². The molecule has 0 saturated carbocycles. The van der Waals surface area contributed by atoms with E-state index in [9.17, 15) is 4.79 Å². The molecule has 4 nitrogen and oxygen atoms in total. The molecule has 1 N–H and O–H groups in total. The third-order valence-corrected chi connectivity index (χ3v) is 5.57. The highest BCUT2D eigenvalue weighted by Gasteiger charge is 2.17. The van der Waals surface area contributed by atoms with Crippen molar-refractivity contribution >= 4 is 34.1 Å². The van der Waals surface area contributed by atoms with Crippen LogP contribution in [-0.2, 0) is 16.0 Å². The molecule has 0 bridgehead atoms. The van der Waals surface area contributed by atoms with Gasteiger partial charge in [0.1, 0.15) is 0 Å². The van der Waals surface area contributed by atoms with Crippen molar-refractivity contribution in [3.63, 3.8) is 0 Å². The number of thioether (sulfide) groups is 1. The van der Waals surface area contributed by atoms with Crippen LogP contribution in [0.25, 0.3) is 0 Å². The summed E-state index contributed by atoms with van der Waals surface area (Å²) in [6.07, 6.45) is 0.467. The second kappa shape index (κ2) is 7.87. The average molecular weight is 378 g/mol. The fourth-order valence-electron chi connectivity index (χ4n) is 2.21. The van der Waals surface area contributed by atoms with Crippen molar-refractivity contribution in [3.05, 3.63) is 35.4 Å². The van der Waals surface area contributed by atoms with Crippen molar-refractivity contribution in [2.24, 2.45) is 5.41 Å². The zero-order valence-electron chi connectivity index (χ0n) is 15.8. The number of aromatic nitrogens is 2. The number of anilines is 1. The molecule has 0 atom stereocenters. The van der Waals surface area contributed by atoms with Gasteiger partial charge in [-0.15, -0.1) is 10.2 Å². The molecule has 0 aliphatic heterocycles. The molecular weight excluding hydrogens is 350 g/mol. The monoisotopic (exact) mass is 377 g/mol. The Morgan fingerprint density at radius 2 is 1.72 bits per heavy atom. The molecule has 2 aromatic rings. The fraction of sp³-hybridized carbons (Fsp3) is 0.526. The number of amides is 1. The number of carbonyl (C=O) groups is 1. The molecule has 1 amide bonds. The molecule has 0 aliphatic rings. The van der Waals surface area contributed by atoms with Gasteiger partial charge in [-0.05, 0) is 22.0 Å². The lowest BCUT2D eigenvalue weighted by Gasteiger charge is -2.19. The van der Waals surface area contributed by atoms with Crippen LogP contribution in [0.3, 0.4) is 0 Å². The molecule has 2 rings (SSSR count). The Hall–Kier alpha value is -1.40. The van der Waals surface area contributed by atoms with Crippen LogP contribution in [-0.4, -0.2) is 16.1 Å². The number of nitrogens with zero attached hydrogens (tertiary/aromatic N) is 2. The van der Waals surface area contributed by atoms with E-state index in [4.69, 9.17) is 0 Å². The topological polar surface area (TPSA) is 54.9 Å². The number of benzene rings is 1. The first-order valence-corrected chi connectivity index (χ1v) is 10.2. The maximum absolute atomic E-state index is 12.0. The van der Waals surface area contributed by atoms with Gasteiger partial charge in [0.05, 0.1) is 0 Å². The van der Waals surface area contributed by atoms with Gasteiger partial charge in [0.2, 0.25) is 11.0 Å². The van der Waals surface area contributed by atoms with Crippen molar-refractivity contribution < 1.29 is 4.79 Å². The Balaban J connectivity index is 1.88. The van der Waals surface area contributed by atoms with Crippen LogP contribution in [0.5, 0.6) is 0 Å². The Bertz CT molecular complexity index is 710. The van der Waals surface area contributed by atoms with Crippen LogP contribution < -0.4 is 5.32 Å². The molecule has 25 heavy (non-hydrogen) atoms. The van der Waals surface area contributed by atoms with E-state index in [-0.39, 0.29) is 16.7 Å². The first kappa shape index (κ1) is 19.9. The maximum Gasteiger partial charge on any atom is 0.226 e. The Morgan fingerprint density at radius 3 is 2.28 bits per heavy atom. The van der Waals surface area contributed by atoms with E-state index in [2.05, 4.69) is 60.6 Å². The van der Waals surface area contributed by atoms with Crippen molar-refractivity contribution in [1.29, 1.82) is 0 Å². The average Bonchev–Trinajstić information content (AvgIpc) is 2.90. The summed E-state index contributed by atoms with van der Waals surface area (Å²) in [5.74, 6) is 0.826. The third kappa shape index (κ3) is 6.78. The van der Waals surface area contributed by atoms with Crippen LogP contribution >= 0.6 is 23.1 Å². The summed E-state index contributed by atoms with van der Waals surface area (Å²) in [7, 11) is 0. The van der Waals surface area contributed by atoms with Crippen LogP contribution in [0.15, 0.2) is 28.6 Å². The lowest BCUT2D eigenvalue weighted by molar-refractivity contribution is -0.117. The van der Waals surface area contributed by atoms with Gasteiger partial charge in [0.15, 0.2) is 4.34 Å². The summed E-state index contributed by atoms with van der Waals surface area (Å²) in [4.78, 5) is 12.0. The molecule has 6 heteroatoms. The zero-order valence-corrected chi connectivity index (χ0v) is 17.5. The number of carbonyl (C=O) groups excluding carboxylic acids is 1. The molecule has 1 heterocycles. The van der Waals surface area contributed by atoms with E-state index < -0.39 is 0 Å². The van der Waals surface area contributed by atoms with Gasteiger partial charge in [-0.25, -0.2) is 0 Å². The van der Waals surface area contributed by atoms with Crippen molar-refractivity contribution in [1.82, 2.24) is 10.2 Å². The van der Waals surface area contributed by atoms with Gasteiger partial charge < -0.3 is 5.32 Å². The van der Waals surface area contributed by atoms with Gasteiger partial charge in [-0.1, -0.05) is 88.9 Å². The van der Waals surface area contributed by atoms with Crippen LogP contribution in [0.2, 0.25) is 0 Å². The maximum atomic E-state index is 12.0. The summed E-state index contributed by atoms with van der Waals surface area (Å²) in [6, 6.07) is 8.71. The second-order valence-electron chi connectivity index (χ2n) is 8.39. The molecule has 1 aromatic carbocycles. The second-order valence-corrected chi connectivity index (χ2v) is 10.6. The summed E-state index contributed by atoms with van der Waals surface area (Å²) in [5, 5.41) is 11.6. The van der Waals surface area contributed by atoms with Crippen molar-refractivity contribution in [2.45, 2.75) is 63.5 Å². The minimum Gasteiger partial charge on any atom is -0.300 e. The van der Waals surface area contributed by atoms with Gasteiger partial charge in [0.25, 0.3) is 0 Å². The largest absolute Gasteiger partial charge is 0.300 e. The first-order chi connectivity index (χ1) is 11.5. The van der Waals surface area contributed by atoms with Crippen molar-refractivity contribution in [2.75, 3.05) is 5.32 Å². The predicted molar refractivity (Wildman–Crippen MR) is 107 cm³/mol. The summed E-state index contributed by atoms with van der Waals surface area (Å²) in [6.45, 7) is 12.8. The quantitative estimate of drug-likeness (QED) is 0.552. The van der Waals surface area contributed by atoms with E-state index in [0.29, 0.717) is 11.6 Å². The lowest BCUT2D eigenvalue weighted by atomic mass is 9.87. The molecule has 0 saturated heterocycles. The number of hydrogen-bond donors (Lipinski definition) is 1. The first-order valence-electron chi connectivity index (χ1n) is 8.38. The highest BCUT2D eigenvalue weighted by atomic mass is 32.2. The predicted octanol–water partition coefficient (Wildman–Crippen LogP) is 5.50. The summed E-state index contributed by atoms with van der Waals surface area (Å²) in [5.41, 5.74) is 2.73. The molecule has 0 radical (unpaired) electrons. The lowest BCUT2D eigenvalue weighted by Crippen LogP contribution is -2.19. The normalized spacial score (nSPS) is 12.2. The van der Waals surface area contributed by atoms with Gasteiger partial charge in [0, 0.05) is 12.2 Å². The van der Waals surface area contributed by atoms with E-state index in [1.165, 1.54) is 22.5 Å². The van der Waals surface area contributed by atoms with Crippen LogP contribution in [0.1, 0.15) is 59.1 Å². The highest BCUT2D eigenvalue weighted by molar-refractivity contribution is 8.00. The van der Waals surface area contributed by atoms with Crippen LogP contribution in [0, 0.1) is 5.41 Å². The number of hydrogen-bond acceptors (Lipinski definition) is 5. The minimum absolute atomic E-state index is 0.0158. The third-order valence-electron chi connectivity index (χ3n) is 3.53. The fourth-order valence-corrected chi connectivity index (χ4v) is 3.93. The van der Waals surface area contributed by atoms with Crippen molar-refractivity contribution in [3.8, 4) is 0 Å². The van der Waals surface area contributed by atoms with E-state index >= 15 is 0 Å². The molecule has 0 fully saturated rings. The SMILES string of the molecule is CC(C)(C)CC(=O)Nc1nnc(SCc2ccc(C(C)(C)C)cc2)s1. The van der Waals surface area contributed by atoms with E-state index in [1.54, 1.807) is 11.8 Å². The highest BCUT2D eigenvalue weighted by Crippen LogP contribution is 2.30. The minimum atomic E-state index is -0.0361. The van der Waals surface area contributed by atoms with Crippen LogP contribution in [0.4, 0.5) is 5.13 Å². The smallest absolute Gasteiger partial charge is 0.226 e. The van der Waals surface area contributed by atoms with Gasteiger partial charge in [-0.2, -0.15) is 0 Å². The Labute approximate surface area is 158 Å². The van der Waals surface area contributed by atoms with E-state index in [0.717, 1.165) is 10.1 Å². The Kier molecular flexibility index (Phi) is 6.27. The zero-order chi connectivity index (χ0) is 18.7. The summed E-state index contributed by atoms with van der Waals surface area (Å²) >= 11 is 3.06. The molecule has 0 unspecified atom stereocenters. The Morgan fingerprint density at radius 1 is 1.08 bits per heavy atom. The number of rotatable bonds is 5. The van der Waals surface area contributed by atoms with Gasteiger partial charge in [-0.3, -0.25) is 4.79 Å². The molecule has 0 aliphatic carbocycles. The molecular formula is C19H27N3OS2. The number of nitrogens with one attached hydrogen (secondary N) is 1. The molecule has 136 valence electrons.